The molecular weight excluding hydrogens is 395 g/mol. The molecule has 1 aliphatic rings. The van der Waals surface area contributed by atoms with Gasteiger partial charge in [-0.05, 0) is 56.4 Å². The van der Waals surface area contributed by atoms with E-state index in [1.807, 2.05) is 0 Å². The van der Waals surface area contributed by atoms with E-state index in [1.54, 1.807) is 44.2 Å². The Morgan fingerprint density at radius 2 is 2.08 bits per heavy atom. The van der Waals surface area contributed by atoms with Crippen LogP contribution >= 0.6 is 35.4 Å². The Morgan fingerprint density at radius 1 is 1.31 bits per heavy atom. The minimum atomic E-state index is -0.553. The molecule has 2 N–H and O–H groups in total. The molecule has 2 aromatic rings. The van der Waals surface area contributed by atoms with E-state index in [1.165, 1.54) is 0 Å². The quantitative estimate of drug-likeness (QED) is 0.566. The number of thiocarbonyl (C=S) groups is 1. The minimum Gasteiger partial charge on any atom is -0.463 e. The van der Waals surface area contributed by atoms with E-state index in [9.17, 15) is 4.79 Å². The van der Waals surface area contributed by atoms with Crippen LogP contribution in [0, 0.1) is 0 Å². The first kappa shape index (κ1) is 18.8. The summed E-state index contributed by atoms with van der Waals surface area (Å²) < 4.78 is 11.1. The number of carbonyl (C=O) groups is 1. The lowest BCUT2D eigenvalue weighted by molar-refractivity contribution is -0.139. The standard InChI is InChI=1S/C18H16Cl2N2O3S/c1-3-24-17(23)15-9(2)21-18(26)22-16(15)14-7-6-13(25-14)11-5-4-10(19)8-12(11)20/h4-8,16H,3H2,1-2H3,(H2,21,22,26)/t16-/m1/s1. The molecule has 0 saturated carbocycles. The van der Waals surface area contributed by atoms with E-state index < -0.39 is 12.0 Å². The summed E-state index contributed by atoms with van der Waals surface area (Å²) in [6.07, 6.45) is 0. The third kappa shape index (κ3) is 3.72. The van der Waals surface area contributed by atoms with Crippen molar-refractivity contribution in [3.63, 3.8) is 0 Å². The third-order valence-electron chi connectivity index (χ3n) is 3.87. The van der Waals surface area contributed by atoms with Crippen LogP contribution in [0.25, 0.3) is 11.3 Å². The Balaban J connectivity index is 1.99. The summed E-state index contributed by atoms with van der Waals surface area (Å²) in [5.74, 6) is 0.658. The van der Waals surface area contributed by atoms with Gasteiger partial charge in [-0.3, -0.25) is 0 Å². The average Bonchev–Trinajstić information content (AvgIpc) is 3.03. The number of ether oxygens (including phenoxy) is 1. The number of hydrogen-bond acceptors (Lipinski definition) is 4. The fraction of sp³-hybridized carbons (Fsp3) is 0.222. The predicted octanol–water partition coefficient (Wildman–Crippen LogP) is 4.61. The fourth-order valence-corrected chi connectivity index (χ4v) is 3.50. The number of allylic oxidation sites excluding steroid dienone is 1. The second-order valence-electron chi connectivity index (χ2n) is 5.62. The first-order chi connectivity index (χ1) is 12.4. The summed E-state index contributed by atoms with van der Waals surface area (Å²) in [5.41, 5.74) is 1.75. The zero-order chi connectivity index (χ0) is 18.8. The molecule has 2 heterocycles. The molecule has 0 amide bonds. The number of carbonyl (C=O) groups excluding carboxylic acids is 1. The third-order valence-corrected chi connectivity index (χ3v) is 4.64. The molecule has 1 aromatic heterocycles. The van der Waals surface area contributed by atoms with Crippen LogP contribution in [0.3, 0.4) is 0 Å². The van der Waals surface area contributed by atoms with Gasteiger partial charge in [-0.25, -0.2) is 4.79 Å². The van der Waals surface area contributed by atoms with Crippen LogP contribution in [-0.4, -0.2) is 17.7 Å². The van der Waals surface area contributed by atoms with Gasteiger partial charge in [-0.15, -0.1) is 0 Å². The van der Waals surface area contributed by atoms with E-state index in [0.29, 0.717) is 43.5 Å². The van der Waals surface area contributed by atoms with Gasteiger partial charge in [-0.2, -0.15) is 0 Å². The molecule has 1 aromatic carbocycles. The molecule has 0 bridgehead atoms. The van der Waals surface area contributed by atoms with E-state index in [-0.39, 0.29) is 6.61 Å². The molecule has 0 saturated heterocycles. The molecule has 0 spiro atoms. The first-order valence-electron chi connectivity index (χ1n) is 7.91. The van der Waals surface area contributed by atoms with Crippen molar-refractivity contribution in [2.75, 3.05) is 6.61 Å². The Labute approximate surface area is 166 Å². The van der Waals surface area contributed by atoms with E-state index in [2.05, 4.69) is 10.6 Å². The fourth-order valence-electron chi connectivity index (χ4n) is 2.73. The number of halogens is 2. The van der Waals surface area contributed by atoms with Gasteiger partial charge in [0.2, 0.25) is 0 Å². The molecule has 0 unspecified atom stereocenters. The summed E-state index contributed by atoms with van der Waals surface area (Å²) in [6, 6.07) is 8.17. The van der Waals surface area contributed by atoms with Crippen LogP contribution < -0.4 is 10.6 Å². The molecule has 1 atom stereocenters. The van der Waals surface area contributed by atoms with Crippen molar-refractivity contribution in [3.8, 4) is 11.3 Å². The Hall–Kier alpha value is -2.02. The summed E-state index contributed by atoms with van der Waals surface area (Å²) in [5, 5.41) is 7.42. The zero-order valence-electron chi connectivity index (χ0n) is 14.1. The van der Waals surface area contributed by atoms with Crippen LogP contribution in [0.1, 0.15) is 25.6 Å². The Morgan fingerprint density at radius 3 is 2.77 bits per heavy atom. The molecule has 136 valence electrons. The van der Waals surface area contributed by atoms with Crippen molar-refractivity contribution in [1.29, 1.82) is 0 Å². The van der Waals surface area contributed by atoms with Gasteiger partial charge in [0.05, 0.1) is 17.2 Å². The minimum absolute atomic E-state index is 0.274. The predicted molar refractivity (Wildman–Crippen MR) is 105 cm³/mol. The van der Waals surface area contributed by atoms with Crippen molar-refractivity contribution >= 4 is 46.5 Å². The van der Waals surface area contributed by atoms with Gasteiger partial charge in [0.25, 0.3) is 0 Å². The normalized spacial score (nSPS) is 16.9. The highest BCUT2D eigenvalue weighted by atomic mass is 35.5. The molecule has 0 radical (unpaired) electrons. The molecule has 0 fully saturated rings. The molecule has 26 heavy (non-hydrogen) atoms. The van der Waals surface area contributed by atoms with Gasteiger partial charge < -0.3 is 19.8 Å². The SMILES string of the molecule is CCOC(=O)C1=C(C)NC(=S)N[C@@H]1c1ccc(-c2ccc(Cl)cc2Cl)o1. The summed E-state index contributed by atoms with van der Waals surface area (Å²) >= 11 is 17.4. The van der Waals surface area contributed by atoms with Crippen molar-refractivity contribution in [2.45, 2.75) is 19.9 Å². The van der Waals surface area contributed by atoms with Gasteiger partial charge in [0.15, 0.2) is 5.11 Å². The van der Waals surface area contributed by atoms with Crippen LogP contribution in [0.2, 0.25) is 10.0 Å². The topological polar surface area (TPSA) is 63.5 Å². The molecule has 5 nitrogen and oxygen atoms in total. The van der Waals surface area contributed by atoms with Crippen LogP contribution in [0.5, 0.6) is 0 Å². The van der Waals surface area contributed by atoms with Crippen molar-refractivity contribution in [2.24, 2.45) is 0 Å². The average molecular weight is 411 g/mol. The highest BCUT2D eigenvalue weighted by Crippen LogP contribution is 2.35. The number of nitrogens with one attached hydrogen (secondary N) is 2. The summed E-state index contributed by atoms with van der Waals surface area (Å²) in [7, 11) is 0. The van der Waals surface area contributed by atoms with E-state index >= 15 is 0 Å². The summed E-state index contributed by atoms with van der Waals surface area (Å²) in [4.78, 5) is 12.4. The monoisotopic (exact) mass is 410 g/mol. The Kier molecular flexibility index (Phi) is 5.55. The second-order valence-corrected chi connectivity index (χ2v) is 6.87. The lowest BCUT2D eigenvalue weighted by atomic mass is 10.0. The lowest BCUT2D eigenvalue weighted by Crippen LogP contribution is -2.45. The highest BCUT2D eigenvalue weighted by Gasteiger charge is 2.33. The summed E-state index contributed by atoms with van der Waals surface area (Å²) in [6.45, 7) is 3.80. The maximum absolute atomic E-state index is 12.4. The molecule has 1 aliphatic heterocycles. The second kappa shape index (κ2) is 7.70. The van der Waals surface area contributed by atoms with Crippen LogP contribution in [0.15, 0.2) is 46.0 Å². The van der Waals surface area contributed by atoms with Gasteiger partial charge in [0.1, 0.15) is 17.6 Å². The lowest BCUT2D eigenvalue weighted by Gasteiger charge is -2.28. The van der Waals surface area contributed by atoms with E-state index in [4.69, 9.17) is 44.6 Å². The van der Waals surface area contributed by atoms with Crippen LogP contribution in [-0.2, 0) is 9.53 Å². The van der Waals surface area contributed by atoms with Crippen molar-refractivity contribution < 1.29 is 13.9 Å². The molecule has 3 rings (SSSR count). The van der Waals surface area contributed by atoms with E-state index in [0.717, 1.165) is 0 Å². The number of hydrogen-bond donors (Lipinski definition) is 2. The largest absolute Gasteiger partial charge is 0.463 e. The highest BCUT2D eigenvalue weighted by molar-refractivity contribution is 7.80. The van der Waals surface area contributed by atoms with Crippen molar-refractivity contribution in [3.05, 3.63) is 57.4 Å². The number of furan rings is 1. The number of esters is 1. The molecule has 0 aliphatic carbocycles. The maximum Gasteiger partial charge on any atom is 0.338 e. The van der Waals surface area contributed by atoms with Crippen molar-refractivity contribution in [1.82, 2.24) is 10.6 Å². The first-order valence-corrected chi connectivity index (χ1v) is 9.07. The van der Waals surface area contributed by atoms with Gasteiger partial charge in [-0.1, -0.05) is 23.2 Å². The van der Waals surface area contributed by atoms with Crippen LogP contribution in [0.4, 0.5) is 0 Å². The smallest absolute Gasteiger partial charge is 0.338 e. The Bertz CT molecular complexity index is 908. The number of rotatable bonds is 4. The number of benzene rings is 1. The maximum atomic E-state index is 12.4. The zero-order valence-corrected chi connectivity index (χ0v) is 16.4. The van der Waals surface area contributed by atoms with Gasteiger partial charge >= 0.3 is 5.97 Å². The molecular formula is C18H16Cl2N2O3S. The van der Waals surface area contributed by atoms with Gasteiger partial charge in [0, 0.05) is 16.3 Å². The molecule has 8 heteroatoms.